The van der Waals surface area contributed by atoms with Crippen molar-refractivity contribution in [1.82, 2.24) is 5.32 Å². The van der Waals surface area contributed by atoms with Gasteiger partial charge in [-0.2, -0.15) is 0 Å². The minimum atomic E-state index is -0.0228. The van der Waals surface area contributed by atoms with E-state index in [1.807, 2.05) is 12.1 Å². The molecule has 0 amide bonds. The minimum absolute atomic E-state index is 0.0228. The molecule has 0 saturated carbocycles. The van der Waals surface area contributed by atoms with Crippen molar-refractivity contribution < 1.29 is 4.74 Å². The highest BCUT2D eigenvalue weighted by Gasteiger charge is 2.28. The molecule has 0 spiro atoms. The van der Waals surface area contributed by atoms with Crippen LogP contribution in [0.2, 0.25) is 10.0 Å². The first kappa shape index (κ1) is 13.2. The lowest BCUT2D eigenvalue weighted by atomic mass is 10.0. The lowest BCUT2D eigenvalue weighted by Crippen LogP contribution is -2.36. The van der Waals surface area contributed by atoms with Crippen LogP contribution in [0.1, 0.15) is 25.3 Å². The Hall–Kier alpha value is -0.280. The summed E-state index contributed by atoms with van der Waals surface area (Å²) in [4.78, 5) is 0. The van der Waals surface area contributed by atoms with E-state index in [0.717, 1.165) is 48.1 Å². The number of hydrogen-bond acceptors (Lipinski definition) is 2. The van der Waals surface area contributed by atoms with E-state index >= 15 is 0 Å². The molecule has 2 rings (SSSR count). The Kier molecular flexibility index (Phi) is 4.31. The summed E-state index contributed by atoms with van der Waals surface area (Å²) in [6.07, 6.45) is 2.26. The molecule has 0 bridgehead atoms. The number of ether oxygens (including phenoxy) is 1. The molecule has 0 radical (unpaired) electrons. The molecule has 1 heterocycles. The normalized spacial score (nSPS) is 24.2. The summed E-state index contributed by atoms with van der Waals surface area (Å²) in [7, 11) is 0. The molecule has 1 aromatic rings. The Balaban J connectivity index is 1.87. The van der Waals surface area contributed by atoms with E-state index in [-0.39, 0.29) is 5.60 Å². The van der Waals surface area contributed by atoms with E-state index < -0.39 is 0 Å². The zero-order valence-electron chi connectivity index (χ0n) is 9.93. The van der Waals surface area contributed by atoms with Gasteiger partial charge in [-0.05, 0) is 43.5 Å². The lowest BCUT2D eigenvalue weighted by molar-refractivity contribution is 0.0207. The molecule has 1 unspecified atom stereocenters. The Bertz CT molecular complexity index is 389. The van der Waals surface area contributed by atoms with E-state index in [1.54, 1.807) is 6.07 Å². The molecule has 1 saturated heterocycles. The molecule has 94 valence electrons. The van der Waals surface area contributed by atoms with Gasteiger partial charge in [0.1, 0.15) is 0 Å². The van der Waals surface area contributed by atoms with E-state index in [0.29, 0.717) is 0 Å². The quantitative estimate of drug-likeness (QED) is 0.904. The molecule has 1 aromatic carbocycles. The summed E-state index contributed by atoms with van der Waals surface area (Å²) in [6.45, 7) is 4.58. The topological polar surface area (TPSA) is 21.3 Å². The molecular weight excluding hydrogens is 257 g/mol. The summed E-state index contributed by atoms with van der Waals surface area (Å²) >= 11 is 12.0. The average Bonchev–Trinajstić information content (AvgIpc) is 2.71. The highest BCUT2D eigenvalue weighted by Crippen LogP contribution is 2.25. The van der Waals surface area contributed by atoms with Gasteiger partial charge in [-0.15, -0.1) is 0 Å². The van der Waals surface area contributed by atoms with Gasteiger partial charge in [-0.3, -0.25) is 0 Å². The second kappa shape index (κ2) is 5.57. The van der Waals surface area contributed by atoms with Gasteiger partial charge >= 0.3 is 0 Å². The van der Waals surface area contributed by atoms with E-state index in [9.17, 15) is 0 Å². The predicted molar refractivity (Wildman–Crippen MR) is 71.8 cm³/mol. The standard InChI is InChI=1S/C13H17Cl2NO/c1-13(5-2-6-17-13)9-16-8-10-7-11(14)3-4-12(10)15/h3-4,7,16H,2,5-6,8-9H2,1H3. The molecule has 1 N–H and O–H groups in total. The van der Waals surface area contributed by atoms with Crippen LogP contribution in [-0.2, 0) is 11.3 Å². The van der Waals surface area contributed by atoms with Crippen LogP contribution < -0.4 is 5.32 Å². The highest BCUT2D eigenvalue weighted by molar-refractivity contribution is 6.33. The van der Waals surface area contributed by atoms with Crippen LogP contribution in [0.4, 0.5) is 0 Å². The van der Waals surface area contributed by atoms with Crippen LogP contribution >= 0.6 is 23.2 Å². The fourth-order valence-corrected chi connectivity index (χ4v) is 2.50. The summed E-state index contributed by atoms with van der Waals surface area (Å²) < 4.78 is 5.71. The number of benzene rings is 1. The average molecular weight is 274 g/mol. The van der Waals surface area contributed by atoms with Gasteiger partial charge in [-0.25, -0.2) is 0 Å². The predicted octanol–water partition coefficient (Wildman–Crippen LogP) is 3.65. The number of nitrogens with one attached hydrogen (secondary N) is 1. The SMILES string of the molecule is CC1(CNCc2cc(Cl)ccc2Cl)CCCO1. The third-order valence-corrected chi connectivity index (χ3v) is 3.73. The maximum absolute atomic E-state index is 6.10. The molecule has 4 heteroatoms. The van der Waals surface area contributed by atoms with Gasteiger partial charge in [0.2, 0.25) is 0 Å². The fourth-order valence-electron chi connectivity index (χ4n) is 2.12. The van der Waals surface area contributed by atoms with Gasteiger partial charge in [0, 0.05) is 29.7 Å². The van der Waals surface area contributed by atoms with Crippen molar-refractivity contribution in [1.29, 1.82) is 0 Å². The Labute approximate surface area is 112 Å². The van der Waals surface area contributed by atoms with Crippen molar-refractivity contribution in [3.63, 3.8) is 0 Å². The Morgan fingerprint density at radius 3 is 2.94 bits per heavy atom. The second-order valence-corrected chi connectivity index (χ2v) is 5.58. The largest absolute Gasteiger partial charge is 0.374 e. The zero-order valence-corrected chi connectivity index (χ0v) is 11.4. The number of rotatable bonds is 4. The number of hydrogen-bond donors (Lipinski definition) is 1. The van der Waals surface area contributed by atoms with Crippen molar-refractivity contribution in [3.8, 4) is 0 Å². The first-order chi connectivity index (χ1) is 8.09. The van der Waals surface area contributed by atoms with E-state index in [1.165, 1.54) is 0 Å². The first-order valence-corrected chi connectivity index (χ1v) is 6.63. The summed E-state index contributed by atoms with van der Waals surface area (Å²) in [5, 5.41) is 4.85. The molecule has 1 fully saturated rings. The first-order valence-electron chi connectivity index (χ1n) is 5.88. The van der Waals surface area contributed by atoms with Crippen LogP contribution in [0.3, 0.4) is 0 Å². The Morgan fingerprint density at radius 1 is 1.41 bits per heavy atom. The van der Waals surface area contributed by atoms with Gasteiger partial charge in [0.05, 0.1) is 5.60 Å². The molecule has 1 aliphatic rings. The van der Waals surface area contributed by atoms with Crippen molar-refractivity contribution in [2.45, 2.75) is 31.9 Å². The third-order valence-electron chi connectivity index (χ3n) is 3.12. The van der Waals surface area contributed by atoms with Gasteiger partial charge < -0.3 is 10.1 Å². The molecular formula is C13H17Cl2NO. The van der Waals surface area contributed by atoms with E-state index in [2.05, 4.69) is 12.2 Å². The van der Waals surface area contributed by atoms with Crippen LogP contribution in [-0.4, -0.2) is 18.8 Å². The van der Waals surface area contributed by atoms with Gasteiger partial charge in [-0.1, -0.05) is 23.2 Å². The summed E-state index contributed by atoms with van der Waals surface area (Å²) in [6, 6.07) is 5.53. The van der Waals surface area contributed by atoms with Crippen molar-refractivity contribution in [3.05, 3.63) is 33.8 Å². The fraction of sp³-hybridized carbons (Fsp3) is 0.538. The van der Waals surface area contributed by atoms with Crippen LogP contribution in [0.25, 0.3) is 0 Å². The van der Waals surface area contributed by atoms with Crippen LogP contribution in [0, 0.1) is 0 Å². The van der Waals surface area contributed by atoms with Crippen molar-refractivity contribution >= 4 is 23.2 Å². The third kappa shape index (κ3) is 3.59. The van der Waals surface area contributed by atoms with Crippen molar-refractivity contribution in [2.24, 2.45) is 0 Å². The molecule has 0 aliphatic carbocycles. The monoisotopic (exact) mass is 273 g/mol. The summed E-state index contributed by atoms with van der Waals surface area (Å²) in [5.41, 5.74) is 1.01. The molecule has 0 aromatic heterocycles. The summed E-state index contributed by atoms with van der Waals surface area (Å²) in [5.74, 6) is 0. The van der Waals surface area contributed by atoms with Gasteiger partial charge in [0.25, 0.3) is 0 Å². The van der Waals surface area contributed by atoms with Gasteiger partial charge in [0.15, 0.2) is 0 Å². The molecule has 1 atom stereocenters. The lowest BCUT2D eigenvalue weighted by Gasteiger charge is -2.23. The molecule has 1 aliphatic heterocycles. The second-order valence-electron chi connectivity index (χ2n) is 4.74. The minimum Gasteiger partial charge on any atom is -0.374 e. The maximum Gasteiger partial charge on any atom is 0.0779 e. The molecule has 17 heavy (non-hydrogen) atoms. The zero-order chi connectivity index (χ0) is 12.3. The Morgan fingerprint density at radius 2 is 2.24 bits per heavy atom. The number of halogens is 2. The van der Waals surface area contributed by atoms with Crippen LogP contribution in [0.5, 0.6) is 0 Å². The van der Waals surface area contributed by atoms with E-state index in [4.69, 9.17) is 27.9 Å². The van der Waals surface area contributed by atoms with Crippen molar-refractivity contribution in [2.75, 3.05) is 13.2 Å². The molecule has 2 nitrogen and oxygen atoms in total. The highest BCUT2D eigenvalue weighted by atomic mass is 35.5. The van der Waals surface area contributed by atoms with Crippen LogP contribution in [0.15, 0.2) is 18.2 Å². The maximum atomic E-state index is 6.10. The smallest absolute Gasteiger partial charge is 0.0779 e.